The number of hydrogen-bond donors (Lipinski definition) is 0. The summed E-state index contributed by atoms with van der Waals surface area (Å²) in [5.41, 5.74) is 2.91. The topological polar surface area (TPSA) is 0 Å². The molecule has 3 aromatic carbocycles. The number of rotatable bonds is 4. The van der Waals surface area contributed by atoms with E-state index in [1.54, 1.807) is 11.8 Å². The highest BCUT2D eigenvalue weighted by atomic mass is 31.1. The Morgan fingerprint density at radius 2 is 1.11 bits per heavy atom. The van der Waals surface area contributed by atoms with E-state index in [4.69, 9.17) is 0 Å². The van der Waals surface area contributed by atoms with Gasteiger partial charge in [0.05, 0.1) is 0 Å². The maximum atomic E-state index is 2.54. The summed E-state index contributed by atoms with van der Waals surface area (Å²) >= 11 is 0. The second kappa shape index (κ2) is 8.22. The van der Waals surface area contributed by atoms with Gasteiger partial charge in [-0.2, -0.15) is 0 Å². The molecule has 2 aliphatic carbocycles. The van der Waals surface area contributed by atoms with E-state index in [9.17, 15) is 0 Å². The van der Waals surface area contributed by atoms with Gasteiger partial charge in [0.25, 0.3) is 0 Å². The first-order chi connectivity index (χ1) is 13.9. The van der Waals surface area contributed by atoms with E-state index in [2.05, 4.69) is 97.4 Å². The van der Waals surface area contributed by atoms with Gasteiger partial charge in [0.1, 0.15) is 0 Å². The molecule has 28 heavy (non-hydrogen) atoms. The van der Waals surface area contributed by atoms with Crippen molar-refractivity contribution >= 4 is 18.5 Å². The molecule has 2 aliphatic rings. The molecule has 2 saturated carbocycles. The average molecular weight is 379 g/mol. The van der Waals surface area contributed by atoms with Gasteiger partial charge >= 0.3 is 0 Å². The van der Waals surface area contributed by atoms with E-state index in [1.165, 1.54) is 53.4 Å². The summed E-state index contributed by atoms with van der Waals surface area (Å²) in [6.07, 6.45) is 7.61. The van der Waals surface area contributed by atoms with Crippen molar-refractivity contribution in [1.82, 2.24) is 0 Å². The maximum Gasteiger partial charge on any atom is 0.0248 e. The SMILES string of the molecule is [CH]1[C]2CCCC[C]2[C](c2ccccc2)[C]1P(c1ccccc1)c1ccccc1. The average Bonchev–Trinajstić information content (AvgIpc) is 3.15. The Morgan fingerprint density at radius 3 is 1.71 bits per heavy atom. The van der Waals surface area contributed by atoms with Gasteiger partial charge in [-0.1, -0.05) is 104 Å². The fourth-order valence-corrected chi connectivity index (χ4v) is 7.02. The van der Waals surface area contributed by atoms with Gasteiger partial charge in [0, 0.05) is 11.6 Å². The molecule has 0 saturated heterocycles. The van der Waals surface area contributed by atoms with Crippen LogP contribution < -0.4 is 10.6 Å². The van der Waals surface area contributed by atoms with Gasteiger partial charge in [-0.05, 0) is 55.2 Å². The van der Waals surface area contributed by atoms with E-state index in [-0.39, 0.29) is 0 Å². The molecular formula is C27H24P. The first-order valence-electron chi connectivity index (χ1n) is 10.2. The smallest absolute Gasteiger partial charge is 0.0248 e. The Balaban J connectivity index is 1.62. The van der Waals surface area contributed by atoms with Crippen LogP contribution >= 0.6 is 7.92 Å². The summed E-state index contributed by atoms with van der Waals surface area (Å²) < 4.78 is 0. The zero-order chi connectivity index (χ0) is 18.8. The molecule has 0 N–H and O–H groups in total. The van der Waals surface area contributed by atoms with Crippen LogP contribution in [0.15, 0.2) is 91.0 Å². The lowest BCUT2D eigenvalue weighted by atomic mass is 9.76. The molecule has 3 aromatic rings. The van der Waals surface area contributed by atoms with Gasteiger partial charge in [-0.15, -0.1) is 0 Å². The van der Waals surface area contributed by atoms with Crippen LogP contribution in [0.25, 0.3) is 0 Å². The second-order valence-electron chi connectivity index (χ2n) is 7.49. The third kappa shape index (κ3) is 3.44. The minimum Gasteiger partial charge on any atom is -0.0622 e. The molecule has 5 rings (SSSR count). The first kappa shape index (κ1) is 18.1. The van der Waals surface area contributed by atoms with Crippen LogP contribution in [0, 0.1) is 29.8 Å². The maximum absolute atomic E-state index is 2.54. The molecule has 0 atom stereocenters. The van der Waals surface area contributed by atoms with Crippen LogP contribution in [0.4, 0.5) is 0 Å². The molecular weight excluding hydrogens is 355 g/mol. The third-order valence-corrected chi connectivity index (χ3v) is 8.18. The first-order valence-corrected chi connectivity index (χ1v) is 11.5. The van der Waals surface area contributed by atoms with Crippen LogP contribution in [-0.4, -0.2) is 0 Å². The third-order valence-electron chi connectivity index (χ3n) is 5.71. The Morgan fingerprint density at radius 1 is 0.571 bits per heavy atom. The molecule has 5 radical (unpaired) electrons. The van der Waals surface area contributed by atoms with Crippen LogP contribution in [0.5, 0.6) is 0 Å². The molecule has 0 heterocycles. The lowest BCUT2D eigenvalue weighted by Crippen LogP contribution is -2.21. The molecule has 0 bridgehead atoms. The number of benzene rings is 3. The van der Waals surface area contributed by atoms with E-state index in [0.29, 0.717) is 0 Å². The van der Waals surface area contributed by atoms with Gasteiger partial charge in [0.2, 0.25) is 0 Å². The molecule has 137 valence electrons. The standard InChI is InChI=1S/C27H24P/c1-4-12-21(13-5-1)27-25-19-11-10-14-22(25)20-26(27)28(23-15-6-2-7-16-23)24-17-8-3-9-18-24/h1-9,12-13,15-18,20H,10-11,14,19H2. The van der Waals surface area contributed by atoms with Crippen molar-refractivity contribution in [3.63, 3.8) is 0 Å². The predicted octanol–water partition coefficient (Wildman–Crippen LogP) is 6.21. The van der Waals surface area contributed by atoms with E-state index >= 15 is 0 Å². The summed E-state index contributed by atoms with van der Waals surface area (Å²) in [5, 5.41) is 2.87. The Labute approximate surface area is 170 Å². The van der Waals surface area contributed by atoms with Crippen molar-refractivity contribution in [2.24, 2.45) is 0 Å². The van der Waals surface area contributed by atoms with Crippen molar-refractivity contribution in [3.8, 4) is 0 Å². The van der Waals surface area contributed by atoms with Crippen LogP contribution in [0.2, 0.25) is 0 Å². The van der Waals surface area contributed by atoms with Gasteiger partial charge < -0.3 is 0 Å². The predicted molar refractivity (Wildman–Crippen MR) is 120 cm³/mol. The second-order valence-corrected chi connectivity index (χ2v) is 9.67. The summed E-state index contributed by atoms with van der Waals surface area (Å²) in [7, 11) is -0.569. The fraction of sp³-hybridized carbons (Fsp3) is 0.148. The Bertz CT molecular complexity index is 834. The molecule has 0 unspecified atom stereocenters. The summed E-state index contributed by atoms with van der Waals surface area (Å²) in [6, 6.07) is 33.2. The molecule has 0 nitrogen and oxygen atoms in total. The highest BCUT2D eigenvalue weighted by Crippen LogP contribution is 2.66. The van der Waals surface area contributed by atoms with E-state index in [0.717, 1.165) is 0 Å². The summed E-state index contributed by atoms with van der Waals surface area (Å²) in [5.74, 6) is 4.69. The van der Waals surface area contributed by atoms with Gasteiger partial charge in [-0.3, -0.25) is 0 Å². The normalized spacial score (nSPS) is 19.2. The van der Waals surface area contributed by atoms with Crippen molar-refractivity contribution < 1.29 is 0 Å². The molecule has 1 heteroatoms. The summed E-state index contributed by atoms with van der Waals surface area (Å²) in [6.45, 7) is 0. The monoisotopic (exact) mass is 379 g/mol. The van der Waals surface area contributed by atoms with Crippen molar-refractivity contribution in [2.45, 2.75) is 25.7 Å². The molecule has 2 fully saturated rings. The zero-order valence-corrected chi connectivity index (χ0v) is 16.9. The van der Waals surface area contributed by atoms with E-state index in [1.807, 2.05) is 0 Å². The molecule has 0 aliphatic heterocycles. The molecule has 0 amide bonds. The molecule has 0 spiro atoms. The Kier molecular flexibility index (Phi) is 5.32. The van der Waals surface area contributed by atoms with E-state index < -0.39 is 7.92 Å². The van der Waals surface area contributed by atoms with Gasteiger partial charge in [-0.25, -0.2) is 0 Å². The van der Waals surface area contributed by atoms with Crippen molar-refractivity contribution in [3.05, 3.63) is 126 Å². The highest BCUT2D eigenvalue weighted by molar-refractivity contribution is 7.76. The minimum atomic E-state index is -0.569. The Hall–Kier alpha value is -1.91. The van der Waals surface area contributed by atoms with Crippen LogP contribution in [0.1, 0.15) is 31.2 Å². The summed E-state index contributed by atoms with van der Waals surface area (Å²) in [4.78, 5) is 0. The van der Waals surface area contributed by atoms with Crippen LogP contribution in [-0.2, 0) is 0 Å². The lowest BCUT2D eigenvalue weighted by Gasteiger charge is -2.32. The van der Waals surface area contributed by atoms with Crippen molar-refractivity contribution in [2.75, 3.05) is 0 Å². The largest absolute Gasteiger partial charge is 0.0622 e. The number of fused-ring (bicyclic) bond motifs is 1. The minimum absolute atomic E-state index is 0.569. The zero-order valence-electron chi connectivity index (χ0n) is 16.0. The quantitative estimate of drug-likeness (QED) is 0.473. The van der Waals surface area contributed by atoms with Gasteiger partial charge in [0.15, 0.2) is 0 Å². The molecule has 0 aromatic heterocycles. The highest BCUT2D eigenvalue weighted by Gasteiger charge is 2.49. The lowest BCUT2D eigenvalue weighted by molar-refractivity contribution is 0.594. The van der Waals surface area contributed by atoms with Crippen molar-refractivity contribution in [1.29, 1.82) is 0 Å². The number of hydrogen-bond acceptors (Lipinski definition) is 0. The fourth-order valence-electron chi connectivity index (χ4n) is 4.45. The van der Waals surface area contributed by atoms with Crippen LogP contribution in [0.3, 0.4) is 0 Å².